The number of phenolic OH excluding ortho intramolecular Hbond substituents is 1. The van der Waals surface area contributed by atoms with E-state index < -0.39 is 11.7 Å². The van der Waals surface area contributed by atoms with Crippen molar-refractivity contribution in [3.05, 3.63) is 29.3 Å². The average molecular weight is 232 g/mol. The Balaban J connectivity index is 2.91. The van der Waals surface area contributed by atoms with Crippen LogP contribution in [0.2, 0.25) is 0 Å². The van der Waals surface area contributed by atoms with Gasteiger partial charge < -0.3 is 5.11 Å². The van der Waals surface area contributed by atoms with Crippen LogP contribution in [0.1, 0.15) is 31.4 Å². The first-order valence-corrected chi connectivity index (χ1v) is 5.20. The molecule has 0 unspecified atom stereocenters. The monoisotopic (exact) mass is 232 g/mol. The molecular weight excluding hydrogens is 217 g/mol. The van der Waals surface area contributed by atoms with E-state index in [1.807, 2.05) is 13.8 Å². The molecule has 0 saturated carbocycles. The van der Waals surface area contributed by atoms with Gasteiger partial charge in [0, 0.05) is 0 Å². The van der Waals surface area contributed by atoms with E-state index in [1.165, 1.54) is 0 Å². The van der Waals surface area contributed by atoms with Gasteiger partial charge in [0.1, 0.15) is 5.75 Å². The smallest absolute Gasteiger partial charge is 0.416 e. The van der Waals surface area contributed by atoms with Gasteiger partial charge in [0.2, 0.25) is 0 Å². The van der Waals surface area contributed by atoms with Gasteiger partial charge in [-0.25, -0.2) is 0 Å². The summed E-state index contributed by atoms with van der Waals surface area (Å²) in [6.45, 7) is 3.98. The Morgan fingerprint density at radius 3 is 2.38 bits per heavy atom. The minimum Gasteiger partial charge on any atom is -0.508 e. The van der Waals surface area contributed by atoms with Crippen molar-refractivity contribution in [1.29, 1.82) is 0 Å². The lowest BCUT2D eigenvalue weighted by Crippen LogP contribution is -2.05. The van der Waals surface area contributed by atoms with Gasteiger partial charge in [0.15, 0.2) is 0 Å². The van der Waals surface area contributed by atoms with Crippen molar-refractivity contribution in [2.24, 2.45) is 5.92 Å². The van der Waals surface area contributed by atoms with Crippen molar-refractivity contribution >= 4 is 0 Å². The third kappa shape index (κ3) is 3.43. The van der Waals surface area contributed by atoms with Crippen LogP contribution >= 0.6 is 0 Å². The van der Waals surface area contributed by atoms with Crippen molar-refractivity contribution in [2.75, 3.05) is 0 Å². The van der Waals surface area contributed by atoms with E-state index in [0.717, 1.165) is 24.6 Å². The van der Waals surface area contributed by atoms with Gasteiger partial charge in [0.25, 0.3) is 0 Å². The van der Waals surface area contributed by atoms with E-state index in [4.69, 9.17) is 0 Å². The summed E-state index contributed by atoms with van der Waals surface area (Å²) < 4.78 is 37.3. The number of alkyl halides is 3. The second-order valence-corrected chi connectivity index (χ2v) is 4.27. The van der Waals surface area contributed by atoms with Crippen LogP contribution in [0.25, 0.3) is 0 Å². The molecule has 0 aliphatic rings. The first-order chi connectivity index (χ1) is 7.30. The van der Waals surface area contributed by atoms with Gasteiger partial charge in [-0.15, -0.1) is 0 Å². The highest BCUT2D eigenvalue weighted by molar-refractivity contribution is 5.37. The van der Waals surface area contributed by atoms with Gasteiger partial charge >= 0.3 is 6.18 Å². The largest absolute Gasteiger partial charge is 0.508 e. The molecule has 0 fully saturated rings. The molecule has 1 aromatic rings. The summed E-state index contributed by atoms with van der Waals surface area (Å²) in [6.07, 6.45) is -3.12. The minimum absolute atomic E-state index is 0.0614. The van der Waals surface area contributed by atoms with E-state index in [1.54, 1.807) is 0 Å². The second kappa shape index (κ2) is 4.76. The van der Waals surface area contributed by atoms with E-state index in [-0.39, 0.29) is 5.75 Å². The summed E-state index contributed by atoms with van der Waals surface area (Å²) in [4.78, 5) is 0. The highest BCUT2D eigenvalue weighted by atomic mass is 19.4. The topological polar surface area (TPSA) is 20.2 Å². The van der Waals surface area contributed by atoms with Crippen LogP contribution in [0.15, 0.2) is 18.2 Å². The zero-order valence-electron chi connectivity index (χ0n) is 9.30. The Bertz CT molecular complexity index is 356. The van der Waals surface area contributed by atoms with Gasteiger partial charge in [-0.05, 0) is 42.5 Å². The predicted molar refractivity (Wildman–Crippen MR) is 56.3 cm³/mol. The van der Waals surface area contributed by atoms with Crippen molar-refractivity contribution in [1.82, 2.24) is 0 Å². The van der Waals surface area contributed by atoms with E-state index >= 15 is 0 Å². The molecule has 0 saturated heterocycles. The molecule has 0 aromatic heterocycles. The van der Waals surface area contributed by atoms with E-state index in [2.05, 4.69) is 0 Å². The Labute approximate surface area is 92.9 Å². The van der Waals surface area contributed by atoms with Gasteiger partial charge in [-0.1, -0.05) is 13.8 Å². The lowest BCUT2D eigenvalue weighted by atomic mass is 10.00. The van der Waals surface area contributed by atoms with Crippen molar-refractivity contribution in [2.45, 2.75) is 32.9 Å². The lowest BCUT2D eigenvalue weighted by Gasteiger charge is -2.11. The Morgan fingerprint density at radius 2 is 1.88 bits per heavy atom. The number of hydrogen-bond donors (Lipinski definition) is 1. The van der Waals surface area contributed by atoms with Crippen molar-refractivity contribution < 1.29 is 18.3 Å². The molecular formula is C12H15F3O. The van der Waals surface area contributed by atoms with Crippen LogP contribution < -0.4 is 0 Å². The van der Waals surface area contributed by atoms with Crippen LogP contribution in [0.5, 0.6) is 5.75 Å². The maximum absolute atomic E-state index is 12.4. The number of aryl methyl sites for hydroxylation is 1. The van der Waals surface area contributed by atoms with Crippen LogP contribution in [-0.2, 0) is 12.6 Å². The Morgan fingerprint density at radius 1 is 1.25 bits per heavy atom. The molecule has 0 aliphatic carbocycles. The number of rotatable bonds is 3. The second-order valence-electron chi connectivity index (χ2n) is 4.27. The summed E-state index contributed by atoms with van der Waals surface area (Å²) in [5.74, 6) is 0.336. The van der Waals surface area contributed by atoms with Gasteiger partial charge in [-0.3, -0.25) is 0 Å². The zero-order chi connectivity index (χ0) is 12.3. The number of phenols is 1. The molecule has 90 valence electrons. The van der Waals surface area contributed by atoms with Crippen LogP contribution in [-0.4, -0.2) is 5.11 Å². The number of benzene rings is 1. The van der Waals surface area contributed by atoms with Crippen molar-refractivity contribution in [3.63, 3.8) is 0 Å². The van der Waals surface area contributed by atoms with Crippen LogP contribution in [0, 0.1) is 5.92 Å². The van der Waals surface area contributed by atoms with Crippen LogP contribution in [0.3, 0.4) is 0 Å². The van der Waals surface area contributed by atoms with Crippen molar-refractivity contribution in [3.8, 4) is 5.75 Å². The molecule has 1 rings (SSSR count). The first kappa shape index (κ1) is 12.9. The molecule has 0 amide bonds. The molecule has 0 heterocycles. The molecule has 0 aliphatic heterocycles. The molecule has 0 atom stereocenters. The fourth-order valence-electron chi connectivity index (χ4n) is 1.41. The SMILES string of the molecule is CC(C)CCc1cc(C(F)(F)F)ccc1O. The molecule has 0 spiro atoms. The molecule has 4 heteroatoms. The average Bonchev–Trinajstić information content (AvgIpc) is 2.14. The van der Waals surface area contributed by atoms with Gasteiger partial charge in [0.05, 0.1) is 5.56 Å². The number of aromatic hydroxyl groups is 1. The molecule has 0 bridgehead atoms. The zero-order valence-corrected chi connectivity index (χ0v) is 9.30. The molecule has 16 heavy (non-hydrogen) atoms. The molecule has 0 radical (unpaired) electrons. The Hall–Kier alpha value is -1.19. The fourth-order valence-corrected chi connectivity index (χ4v) is 1.41. The standard InChI is InChI=1S/C12H15F3O/c1-8(2)3-4-9-7-10(12(13,14)15)5-6-11(9)16/h5-8,16H,3-4H2,1-2H3. The summed E-state index contributed by atoms with van der Waals surface area (Å²) >= 11 is 0. The highest BCUT2D eigenvalue weighted by Gasteiger charge is 2.30. The molecule has 1 N–H and O–H groups in total. The predicted octanol–water partition coefficient (Wildman–Crippen LogP) is 4.00. The van der Waals surface area contributed by atoms with E-state index in [0.29, 0.717) is 17.9 Å². The summed E-state index contributed by atoms with van der Waals surface area (Å²) in [6, 6.07) is 3.03. The van der Waals surface area contributed by atoms with E-state index in [9.17, 15) is 18.3 Å². The van der Waals surface area contributed by atoms with Gasteiger partial charge in [-0.2, -0.15) is 13.2 Å². The van der Waals surface area contributed by atoms with Crippen LogP contribution in [0.4, 0.5) is 13.2 Å². The summed E-state index contributed by atoms with van der Waals surface area (Å²) in [5.41, 5.74) is -0.340. The normalized spacial score (nSPS) is 12.1. The fraction of sp³-hybridized carbons (Fsp3) is 0.500. The minimum atomic E-state index is -4.35. The summed E-state index contributed by atoms with van der Waals surface area (Å²) in [7, 11) is 0. The summed E-state index contributed by atoms with van der Waals surface area (Å²) in [5, 5.41) is 9.45. The maximum Gasteiger partial charge on any atom is 0.416 e. The first-order valence-electron chi connectivity index (χ1n) is 5.20. The highest BCUT2D eigenvalue weighted by Crippen LogP contribution is 2.32. The number of halogens is 3. The third-order valence-corrected chi connectivity index (χ3v) is 2.40. The third-order valence-electron chi connectivity index (χ3n) is 2.40. The Kier molecular flexibility index (Phi) is 3.83. The molecule has 1 nitrogen and oxygen atoms in total. The lowest BCUT2D eigenvalue weighted by molar-refractivity contribution is -0.137. The maximum atomic E-state index is 12.4. The number of hydrogen-bond acceptors (Lipinski definition) is 1. The quantitative estimate of drug-likeness (QED) is 0.835. The molecule has 1 aromatic carbocycles.